The third-order valence-corrected chi connectivity index (χ3v) is 5.15. The molecular formula is C23H35N5O3. The van der Waals surface area contributed by atoms with E-state index in [1.54, 1.807) is 4.90 Å². The lowest BCUT2D eigenvalue weighted by Gasteiger charge is -2.27. The average molecular weight is 430 g/mol. The monoisotopic (exact) mass is 429 g/mol. The number of carbonyl (C=O) groups excluding carboxylic acids is 1. The topological polar surface area (TPSA) is 113 Å². The van der Waals surface area contributed by atoms with E-state index < -0.39 is 11.2 Å². The van der Waals surface area contributed by atoms with Crippen molar-refractivity contribution in [1.82, 2.24) is 14.9 Å². The molecule has 0 aliphatic rings. The van der Waals surface area contributed by atoms with E-state index in [-0.39, 0.29) is 36.5 Å². The first kappa shape index (κ1) is 24.2. The molecule has 1 atom stereocenters. The second-order valence-electron chi connectivity index (χ2n) is 8.43. The van der Waals surface area contributed by atoms with Gasteiger partial charge in [-0.15, -0.1) is 0 Å². The highest BCUT2D eigenvalue weighted by atomic mass is 16.2. The molecule has 2 rings (SSSR count). The third kappa shape index (κ3) is 7.01. The highest BCUT2D eigenvalue weighted by Crippen LogP contribution is 2.19. The van der Waals surface area contributed by atoms with Crippen LogP contribution in [0.15, 0.2) is 39.9 Å². The van der Waals surface area contributed by atoms with E-state index in [4.69, 9.17) is 5.73 Å². The van der Waals surface area contributed by atoms with Crippen LogP contribution in [0, 0.1) is 5.92 Å². The van der Waals surface area contributed by atoms with Gasteiger partial charge in [0.25, 0.3) is 5.56 Å². The highest BCUT2D eigenvalue weighted by molar-refractivity contribution is 5.82. The second-order valence-corrected chi connectivity index (χ2v) is 8.43. The molecule has 1 amide bonds. The van der Waals surface area contributed by atoms with Crippen molar-refractivity contribution in [3.63, 3.8) is 0 Å². The lowest BCUT2D eigenvalue weighted by atomic mass is 10.1. The Balaban J connectivity index is 2.39. The summed E-state index contributed by atoms with van der Waals surface area (Å²) in [5, 5.41) is 2.97. The number of aromatic nitrogens is 2. The van der Waals surface area contributed by atoms with Crippen molar-refractivity contribution in [2.24, 2.45) is 5.92 Å². The van der Waals surface area contributed by atoms with Crippen LogP contribution in [0.5, 0.6) is 0 Å². The van der Waals surface area contributed by atoms with Crippen molar-refractivity contribution in [2.75, 3.05) is 23.7 Å². The van der Waals surface area contributed by atoms with Crippen LogP contribution >= 0.6 is 0 Å². The molecule has 0 saturated carbocycles. The molecular weight excluding hydrogens is 394 g/mol. The summed E-state index contributed by atoms with van der Waals surface area (Å²) in [6, 6.07) is 9.46. The van der Waals surface area contributed by atoms with Crippen LogP contribution in [0.1, 0.15) is 52.5 Å². The first-order valence-electron chi connectivity index (χ1n) is 10.9. The molecule has 1 aromatic carbocycles. The van der Waals surface area contributed by atoms with Gasteiger partial charge < -0.3 is 16.0 Å². The van der Waals surface area contributed by atoms with Crippen molar-refractivity contribution in [3.8, 4) is 0 Å². The molecule has 1 heterocycles. The Morgan fingerprint density at radius 2 is 1.84 bits per heavy atom. The minimum atomic E-state index is -0.579. The fourth-order valence-corrected chi connectivity index (χ4v) is 3.49. The molecule has 2 aromatic rings. The fraction of sp³-hybridized carbons (Fsp3) is 0.522. The minimum Gasteiger partial charge on any atom is -0.383 e. The molecule has 4 N–H and O–H groups in total. The van der Waals surface area contributed by atoms with E-state index in [1.807, 2.05) is 37.3 Å². The van der Waals surface area contributed by atoms with E-state index >= 15 is 0 Å². The van der Waals surface area contributed by atoms with E-state index in [9.17, 15) is 14.4 Å². The molecule has 0 aliphatic heterocycles. The van der Waals surface area contributed by atoms with Gasteiger partial charge in [-0.05, 0) is 31.2 Å². The smallest absolute Gasteiger partial charge is 0.330 e. The van der Waals surface area contributed by atoms with Gasteiger partial charge in [0.05, 0.1) is 13.1 Å². The van der Waals surface area contributed by atoms with E-state index in [0.29, 0.717) is 12.5 Å². The molecule has 170 valence electrons. The predicted molar refractivity (Wildman–Crippen MR) is 125 cm³/mol. The molecule has 0 radical (unpaired) electrons. The Morgan fingerprint density at radius 3 is 2.45 bits per heavy atom. The zero-order chi connectivity index (χ0) is 23.0. The Morgan fingerprint density at radius 1 is 1.16 bits per heavy atom. The summed E-state index contributed by atoms with van der Waals surface area (Å²) in [5.41, 5.74) is 6.23. The Labute approximate surface area is 183 Å². The van der Waals surface area contributed by atoms with Gasteiger partial charge in [0.15, 0.2) is 0 Å². The normalized spacial score (nSPS) is 12.0. The number of hydrogen-bond acceptors (Lipinski definition) is 5. The van der Waals surface area contributed by atoms with Crippen LogP contribution in [0.25, 0.3) is 0 Å². The lowest BCUT2D eigenvalue weighted by Crippen LogP contribution is -2.45. The van der Waals surface area contributed by atoms with Gasteiger partial charge in [-0.2, -0.15) is 0 Å². The van der Waals surface area contributed by atoms with E-state index in [1.165, 1.54) is 4.57 Å². The Kier molecular flexibility index (Phi) is 8.90. The van der Waals surface area contributed by atoms with Gasteiger partial charge in [-0.1, -0.05) is 57.5 Å². The van der Waals surface area contributed by atoms with Crippen molar-refractivity contribution in [1.29, 1.82) is 0 Å². The van der Waals surface area contributed by atoms with E-state index in [0.717, 1.165) is 24.8 Å². The number of nitrogens with zero attached hydrogens (tertiary/aromatic N) is 2. The summed E-state index contributed by atoms with van der Waals surface area (Å²) in [7, 11) is 0. The molecule has 31 heavy (non-hydrogen) atoms. The SMILES string of the molecule is CCCC(C)NC(=O)CN(CCC(C)C)c1c(N)n(Cc2ccccc2)c(=O)[nH]c1=O. The molecule has 1 aromatic heterocycles. The maximum Gasteiger partial charge on any atom is 0.330 e. The van der Waals surface area contributed by atoms with Gasteiger partial charge >= 0.3 is 5.69 Å². The highest BCUT2D eigenvalue weighted by Gasteiger charge is 2.22. The number of hydrogen-bond donors (Lipinski definition) is 3. The largest absolute Gasteiger partial charge is 0.383 e. The molecule has 8 nitrogen and oxygen atoms in total. The number of nitrogens with two attached hydrogens (primary N) is 1. The number of amides is 1. The first-order chi connectivity index (χ1) is 14.7. The van der Waals surface area contributed by atoms with Gasteiger partial charge in [0.1, 0.15) is 11.5 Å². The molecule has 1 unspecified atom stereocenters. The van der Waals surface area contributed by atoms with Crippen LogP contribution in [0.3, 0.4) is 0 Å². The number of nitrogen functional groups attached to an aromatic ring is 1. The summed E-state index contributed by atoms with van der Waals surface area (Å²) in [6.45, 7) is 8.88. The predicted octanol–water partition coefficient (Wildman–Crippen LogP) is 2.32. The second kappa shape index (κ2) is 11.4. The van der Waals surface area contributed by atoms with Crippen LogP contribution in [-0.4, -0.2) is 34.6 Å². The number of benzene rings is 1. The van der Waals surface area contributed by atoms with Crippen molar-refractivity contribution in [2.45, 2.75) is 59.5 Å². The summed E-state index contributed by atoms with van der Waals surface area (Å²) in [4.78, 5) is 41.9. The van der Waals surface area contributed by atoms with Crippen LogP contribution in [-0.2, 0) is 11.3 Å². The molecule has 0 bridgehead atoms. The molecule has 0 fully saturated rings. The Hall–Kier alpha value is -3.03. The maximum absolute atomic E-state index is 12.7. The van der Waals surface area contributed by atoms with Crippen molar-refractivity contribution in [3.05, 3.63) is 56.7 Å². The average Bonchev–Trinajstić information content (AvgIpc) is 2.69. The quantitative estimate of drug-likeness (QED) is 0.507. The molecule has 0 saturated heterocycles. The summed E-state index contributed by atoms with van der Waals surface area (Å²) in [5.74, 6) is 0.264. The van der Waals surface area contributed by atoms with Gasteiger partial charge in [0.2, 0.25) is 5.91 Å². The molecule has 8 heteroatoms. The van der Waals surface area contributed by atoms with Gasteiger partial charge in [0, 0.05) is 12.6 Å². The number of H-pyrrole nitrogens is 1. The third-order valence-electron chi connectivity index (χ3n) is 5.15. The summed E-state index contributed by atoms with van der Waals surface area (Å²) < 4.78 is 1.34. The van der Waals surface area contributed by atoms with Crippen LogP contribution < -0.4 is 27.2 Å². The number of anilines is 2. The molecule has 0 aliphatic carbocycles. The number of rotatable bonds is 11. The number of nitrogens with one attached hydrogen (secondary N) is 2. The van der Waals surface area contributed by atoms with E-state index in [2.05, 4.69) is 31.1 Å². The fourth-order valence-electron chi connectivity index (χ4n) is 3.49. The van der Waals surface area contributed by atoms with Gasteiger partial charge in [-0.3, -0.25) is 19.1 Å². The number of aromatic amines is 1. The van der Waals surface area contributed by atoms with Crippen LogP contribution in [0.4, 0.5) is 11.5 Å². The van der Waals surface area contributed by atoms with Crippen molar-refractivity contribution < 1.29 is 4.79 Å². The number of carbonyl (C=O) groups is 1. The zero-order valence-corrected chi connectivity index (χ0v) is 19.0. The van der Waals surface area contributed by atoms with Crippen molar-refractivity contribution >= 4 is 17.4 Å². The Bertz CT molecular complexity index is 965. The first-order valence-corrected chi connectivity index (χ1v) is 10.9. The maximum atomic E-state index is 12.7. The summed E-state index contributed by atoms with van der Waals surface area (Å²) in [6.07, 6.45) is 2.62. The zero-order valence-electron chi connectivity index (χ0n) is 19.0. The summed E-state index contributed by atoms with van der Waals surface area (Å²) >= 11 is 0. The van der Waals surface area contributed by atoms with Crippen LogP contribution in [0.2, 0.25) is 0 Å². The minimum absolute atomic E-state index is 0.00239. The van der Waals surface area contributed by atoms with Gasteiger partial charge in [-0.25, -0.2) is 4.79 Å². The lowest BCUT2D eigenvalue weighted by molar-refractivity contribution is -0.120. The standard InChI is InChI=1S/C23H35N5O3/c1-5-9-17(4)25-19(29)15-27(13-12-16(2)3)20-21(24)28(23(31)26-22(20)30)14-18-10-7-6-8-11-18/h6-8,10-11,16-17H,5,9,12-15,24H2,1-4H3,(H,25,29)(H,26,30,31). The molecule has 0 spiro atoms.